The zero-order valence-corrected chi connectivity index (χ0v) is 11.0. The maximum absolute atomic E-state index is 12.6. The normalized spacial score (nSPS) is 10.7. The molecule has 0 fully saturated rings. The van der Waals surface area contributed by atoms with Gasteiger partial charge in [0, 0.05) is 11.3 Å². The first kappa shape index (κ1) is 12.4. The minimum Gasteiger partial charge on any atom is -0.326 e. The first-order valence-electron chi connectivity index (χ1n) is 6.39. The number of fused-ring (bicyclic) bond motifs is 1. The highest BCUT2D eigenvalue weighted by Crippen LogP contribution is 2.20. The number of hydrogen-bond donors (Lipinski definition) is 1. The van der Waals surface area contributed by atoms with Gasteiger partial charge in [0.1, 0.15) is 0 Å². The van der Waals surface area contributed by atoms with Gasteiger partial charge < -0.3 is 4.98 Å². The lowest BCUT2D eigenvalue weighted by atomic mass is 9.98. The molecule has 1 aromatic heterocycles. The number of benzene rings is 2. The Hall–Kier alpha value is -2.68. The van der Waals surface area contributed by atoms with Gasteiger partial charge in [0.15, 0.2) is 5.78 Å². The lowest BCUT2D eigenvalue weighted by Crippen LogP contribution is -2.18. The van der Waals surface area contributed by atoms with Crippen LogP contribution in [0.25, 0.3) is 10.8 Å². The summed E-state index contributed by atoms with van der Waals surface area (Å²) >= 11 is 0. The van der Waals surface area contributed by atoms with Crippen LogP contribution in [0.1, 0.15) is 21.6 Å². The highest BCUT2D eigenvalue weighted by atomic mass is 16.1. The third kappa shape index (κ3) is 2.03. The molecule has 0 radical (unpaired) electrons. The summed E-state index contributed by atoms with van der Waals surface area (Å²) in [4.78, 5) is 27.1. The predicted molar refractivity (Wildman–Crippen MR) is 79.2 cm³/mol. The number of hydrogen-bond acceptors (Lipinski definition) is 2. The second-order valence-corrected chi connectivity index (χ2v) is 4.74. The number of ketones is 1. The van der Waals surface area contributed by atoms with Crippen LogP contribution in [0.3, 0.4) is 0 Å². The van der Waals surface area contributed by atoms with Crippen LogP contribution >= 0.6 is 0 Å². The minimum absolute atomic E-state index is 0.173. The van der Waals surface area contributed by atoms with Crippen LogP contribution < -0.4 is 5.56 Å². The van der Waals surface area contributed by atoms with E-state index in [0.29, 0.717) is 5.56 Å². The third-order valence-corrected chi connectivity index (χ3v) is 3.33. The van der Waals surface area contributed by atoms with Crippen molar-refractivity contribution in [2.45, 2.75) is 6.92 Å². The van der Waals surface area contributed by atoms with Gasteiger partial charge in [-0.05, 0) is 29.8 Å². The Morgan fingerprint density at radius 2 is 1.65 bits per heavy atom. The largest absolute Gasteiger partial charge is 0.326 e. The molecule has 2 aromatic carbocycles. The number of aromatic nitrogens is 1. The summed E-state index contributed by atoms with van der Waals surface area (Å²) in [5, 5.41) is 1.85. The van der Waals surface area contributed by atoms with E-state index >= 15 is 0 Å². The van der Waals surface area contributed by atoms with Crippen LogP contribution in [-0.4, -0.2) is 10.8 Å². The summed E-state index contributed by atoms with van der Waals surface area (Å²) in [5.41, 5.74) is 1.12. The Kier molecular flexibility index (Phi) is 2.95. The van der Waals surface area contributed by atoms with Gasteiger partial charge in [-0.15, -0.1) is 0 Å². The van der Waals surface area contributed by atoms with Crippen molar-refractivity contribution >= 4 is 16.6 Å². The summed E-state index contributed by atoms with van der Waals surface area (Å²) in [6.07, 6.45) is 0. The molecule has 0 atom stereocenters. The Morgan fingerprint density at radius 1 is 0.900 bits per heavy atom. The fraction of sp³-hybridized carbons (Fsp3) is 0.0588. The van der Waals surface area contributed by atoms with E-state index in [1.165, 1.54) is 0 Å². The molecule has 98 valence electrons. The van der Waals surface area contributed by atoms with Crippen molar-refractivity contribution in [1.82, 2.24) is 4.98 Å². The van der Waals surface area contributed by atoms with E-state index in [1.807, 2.05) is 36.4 Å². The standard InChI is InChI=1S/C17H13NO2/c1-11-9-10-15(17(20)18-11)16(19)14-8-4-6-12-5-2-3-7-13(12)14/h2-10H,1H3,(H,18,20). The van der Waals surface area contributed by atoms with Crippen molar-refractivity contribution in [2.24, 2.45) is 0 Å². The summed E-state index contributed by atoms with van der Waals surface area (Å²) in [5.74, 6) is -0.247. The van der Waals surface area contributed by atoms with Crippen LogP contribution in [0, 0.1) is 6.92 Å². The van der Waals surface area contributed by atoms with Crippen LogP contribution in [0.5, 0.6) is 0 Å². The zero-order valence-electron chi connectivity index (χ0n) is 11.0. The lowest BCUT2D eigenvalue weighted by Gasteiger charge is -2.05. The molecule has 3 rings (SSSR count). The average molecular weight is 263 g/mol. The number of H-pyrrole nitrogens is 1. The van der Waals surface area contributed by atoms with Crippen LogP contribution in [-0.2, 0) is 0 Å². The van der Waals surface area contributed by atoms with Crippen LogP contribution in [0.2, 0.25) is 0 Å². The van der Waals surface area contributed by atoms with E-state index in [2.05, 4.69) is 4.98 Å². The van der Waals surface area contributed by atoms with E-state index in [4.69, 9.17) is 0 Å². The summed E-state index contributed by atoms with van der Waals surface area (Å²) in [6.45, 7) is 1.79. The molecule has 20 heavy (non-hydrogen) atoms. The molecule has 0 saturated heterocycles. The van der Waals surface area contributed by atoms with Gasteiger partial charge in [-0.3, -0.25) is 9.59 Å². The number of pyridine rings is 1. The molecule has 0 bridgehead atoms. The highest BCUT2D eigenvalue weighted by molar-refractivity contribution is 6.16. The van der Waals surface area contributed by atoms with Gasteiger partial charge in [0.2, 0.25) is 0 Å². The molecule has 0 aliphatic rings. The number of nitrogens with one attached hydrogen (secondary N) is 1. The van der Waals surface area contributed by atoms with Gasteiger partial charge in [0.05, 0.1) is 5.56 Å². The molecule has 0 aliphatic carbocycles. The van der Waals surface area contributed by atoms with Crippen LogP contribution in [0.15, 0.2) is 59.4 Å². The van der Waals surface area contributed by atoms with E-state index in [-0.39, 0.29) is 16.9 Å². The molecular weight excluding hydrogens is 250 g/mol. The number of carbonyl (C=O) groups excluding carboxylic acids is 1. The van der Waals surface area contributed by atoms with Crippen molar-refractivity contribution in [3.05, 3.63) is 81.8 Å². The van der Waals surface area contributed by atoms with E-state index in [1.54, 1.807) is 25.1 Å². The fourth-order valence-electron chi connectivity index (χ4n) is 2.32. The van der Waals surface area contributed by atoms with E-state index in [9.17, 15) is 9.59 Å². The summed E-state index contributed by atoms with van der Waals surface area (Å²) in [7, 11) is 0. The third-order valence-electron chi connectivity index (χ3n) is 3.33. The molecule has 3 nitrogen and oxygen atoms in total. The van der Waals surface area contributed by atoms with Crippen molar-refractivity contribution in [3.63, 3.8) is 0 Å². The molecule has 1 N–H and O–H groups in total. The zero-order chi connectivity index (χ0) is 14.1. The maximum Gasteiger partial charge on any atom is 0.259 e. The number of rotatable bonds is 2. The van der Waals surface area contributed by atoms with Gasteiger partial charge in [-0.1, -0.05) is 42.5 Å². The van der Waals surface area contributed by atoms with E-state index in [0.717, 1.165) is 16.5 Å². The quantitative estimate of drug-likeness (QED) is 0.722. The number of carbonyl (C=O) groups is 1. The van der Waals surface area contributed by atoms with Gasteiger partial charge in [-0.25, -0.2) is 0 Å². The van der Waals surface area contributed by atoms with Crippen molar-refractivity contribution in [3.8, 4) is 0 Å². The average Bonchev–Trinajstić information content (AvgIpc) is 2.46. The number of aryl methyl sites for hydroxylation is 1. The number of aromatic amines is 1. The molecule has 1 heterocycles. The molecule has 0 spiro atoms. The predicted octanol–water partition coefficient (Wildman–Crippen LogP) is 3.07. The molecule has 3 aromatic rings. The lowest BCUT2D eigenvalue weighted by molar-refractivity contribution is 0.103. The summed E-state index contributed by atoms with van der Waals surface area (Å²) in [6, 6.07) is 16.5. The fourth-order valence-corrected chi connectivity index (χ4v) is 2.32. The Morgan fingerprint density at radius 3 is 2.45 bits per heavy atom. The first-order chi connectivity index (χ1) is 9.66. The van der Waals surface area contributed by atoms with Crippen molar-refractivity contribution in [2.75, 3.05) is 0 Å². The molecule has 0 amide bonds. The first-order valence-corrected chi connectivity index (χ1v) is 6.39. The Balaban J connectivity index is 2.20. The Bertz CT molecular complexity index is 857. The smallest absolute Gasteiger partial charge is 0.259 e. The molecule has 0 saturated carbocycles. The van der Waals surface area contributed by atoms with Gasteiger partial charge >= 0.3 is 0 Å². The maximum atomic E-state index is 12.6. The molecular formula is C17H13NO2. The van der Waals surface area contributed by atoms with Crippen LogP contribution in [0.4, 0.5) is 0 Å². The van der Waals surface area contributed by atoms with Crippen molar-refractivity contribution < 1.29 is 4.79 Å². The molecule has 3 heteroatoms. The van der Waals surface area contributed by atoms with E-state index < -0.39 is 0 Å². The van der Waals surface area contributed by atoms with Gasteiger partial charge in [0.25, 0.3) is 5.56 Å². The topological polar surface area (TPSA) is 49.9 Å². The molecule has 0 aliphatic heterocycles. The second-order valence-electron chi connectivity index (χ2n) is 4.74. The summed E-state index contributed by atoms with van der Waals surface area (Å²) < 4.78 is 0. The highest BCUT2D eigenvalue weighted by Gasteiger charge is 2.15. The SMILES string of the molecule is Cc1ccc(C(=O)c2cccc3ccccc23)c(=O)[nH]1. The minimum atomic E-state index is -0.345. The monoisotopic (exact) mass is 263 g/mol. The Labute approximate surface area is 115 Å². The van der Waals surface area contributed by atoms with Gasteiger partial charge in [-0.2, -0.15) is 0 Å². The molecule has 0 unspecified atom stereocenters. The second kappa shape index (κ2) is 4.78. The van der Waals surface area contributed by atoms with Crippen molar-refractivity contribution in [1.29, 1.82) is 0 Å².